The van der Waals surface area contributed by atoms with Crippen LogP contribution < -0.4 is 5.73 Å². The van der Waals surface area contributed by atoms with Gasteiger partial charge in [0.15, 0.2) is 0 Å². The zero-order chi connectivity index (χ0) is 10.0. The minimum Gasteiger partial charge on any atom is -0.387 e. The molecule has 13 heavy (non-hydrogen) atoms. The quantitative estimate of drug-likeness (QED) is 0.783. The van der Waals surface area contributed by atoms with Crippen molar-refractivity contribution < 1.29 is 5.11 Å². The van der Waals surface area contributed by atoms with E-state index in [1.54, 1.807) is 0 Å². The van der Waals surface area contributed by atoms with Crippen molar-refractivity contribution in [3.8, 4) is 0 Å². The molecule has 0 spiro atoms. The summed E-state index contributed by atoms with van der Waals surface area (Å²) in [7, 11) is 0. The van der Waals surface area contributed by atoms with Crippen molar-refractivity contribution in [1.82, 2.24) is 0 Å². The van der Waals surface area contributed by atoms with E-state index in [1.807, 2.05) is 12.1 Å². The van der Waals surface area contributed by atoms with Crippen LogP contribution in [0.15, 0.2) is 25.6 Å². The third-order valence-corrected chi connectivity index (χ3v) is 4.37. The van der Waals surface area contributed by atoms with Crippen molar-refractivity contribution in [3.05, 3.63) is 31.1 Å². The van der Waals surface area contributed by atoms with E-state index in [0.717, 1.165) is 19.0 Å². The lowest BCUT2D eigenvalue weighted by Gasteiger charge is -2.13. The van der Waals surface area contributed by atoms with Gasteiger partial charge in [0.05, 0.1) is 6.10 Å². The normalized spacial score (nSPS) is 13.0. The SMILES string of the molecule is NCC(O)c1c(Br)ccc(Br)c1Br. The Kier molecular flexibility index (Phi) is 4.38. The van der Waals surface area contributed by atoms with Crippen LogP contribution >= 0.6 is 47.8 Å². The van der Waals surface area contributed by atoms with Gasteiger partial charge in [-0.1, -0.05) is 15.9 Å². The lowest BCUT2D eigenvalue weighted by atomic mass is 10.1. The first-order valence-corrected chi connectivity index (χ1v) is 5.97. The van der Waals surface area contributed by atoms with E-state index in [4.69, 9.17) is 5.73 Å². The van der Waals surface area contributed by atoms with Gasteiger partial charge in [-0.2, -0.15) is 0 Å². The molecule has 2 nitrogen and oxygen atoms in total. The molecule has 0 heterocycles. The number of rotatable bonds is 2. The third kappa shape index (κ3) is 2.53. The topological polar surface area (TPSA) is 46.2 Å². The Morgan fingerprint density at radius 3 is 2.31 bits per heavy atom. The Morgan fingerprint density at radius 1 is 1.23 bits per heavy atom. The predicted octanol–water partition coefficient (Wildman–Crippen LogP) is 2.97. The van der Waals surface area contributed by atoms with E-state index in [2.05, 4.69) is 47.8 Å². The molecular formula is C8H8Br3NO. The number of hydrogen-bond donors (Lipinski definition) is 2. The molecule has 0 radical (unpaired) electrons. The van der Waals surface area contributed by atoms with Crippen LogP contribution in [0, 0.1) is 0 Å². The van der Waals surface area contributed by atoms with E-state index >= 15 is 0 Å². The van der Waals surface area contributed by atoms with Gasteiger partial charge in [-0.25, -0.2) is 0 Å². The monoisotopic (exact) mass is 371 g/mol. The summed E-state index contributed by atoms with van der Waals surface area (Å²) < 4.78 is 2.58. The van der Waals surface area contributed by atoms with Crippen LogP contribution in [0.1, 0.15) is 11.7 Å². The van der Waals surface area contributed by atoms with Crippen molar-refractivity contribution in [2.75, 3.05) is 6.54 Å². The second-order valence-corrected chi connectivity index (χ2v) is 5.01. The third-order valence-electron chi connectivity index (χ3n) is 1.64. The first-order valence-electron chi connectivity index (χ1n) is 3.59. The van der Waals surface area contributed by atoms with Crippen LogP contribution in [0.25, 0.3) is 0 Å². The fourth-order valence-electron chi connectivity index (χ4n) is 0.966. The van der Waals surface area contributed by atoms with Crippen molar-refractivity contribution in [3.63, 3.8) is 0 Å². The van der Waals surface area contributed by atoms with Crippen LogP contribution in [0.5, 0.6) is 0 Å². The van der Waals surface area contributed by atoms with Crippen molar-refractivity contribution >= 4 is 47.8 Å². The lowest BCUT2D eigenvalue weighted by molar-refractivity contribution is 0.185. The van der Waals surface area contributed by atoms with Gasteiger partial charge in [0.25, 0.3) is 0 Å². The first kappa shape index (κ1) is 11.7. The van der Waals surface area contributed by atoms with Gasteiger partial charge in [0, 0.05) is 25.5 Å². The molecule has 1 aromatic carbocycles. The fraction of sp³-hybridized carbons (Fsp3) is 0.250. The highest BCUT2D eigenvalue weighted by Crippen LogP contribution is 2.35. The average Bonchev–Trinajstić information content (AvgIpc) is 2.12. The zero-order valence-corrected chi connectivity index (χ0v) is 11.4. The van der Waals surface area contributed by atoms with E-state index < -0.39 is 6.10 Å². The number of halogens is 3. The van der Waals surface area contributed by atoms with Gasteiger partial charge < -0.3 is 10.8 Å². The van der Waals surface area contributed by atoms with Crippen molar-refractivity contribution in [2.24, 2.45) is 5.73 Å². The Bertz CT molecular complexity index is 317. The molecule has 5 heteroatoms. The maximum Gasteiger partial charge on any atom is 0.0934 e. The van der Waals surface area contributed by atoms with E-state index in [0.29, 0.717) is 0 Å². The molecular weight excluding hydrogens is 366 g/mol. The molecule has 0 bridgehead atoms. The van der Waals surface area contributed by atoms with Crippen LogP contribution in [0.2, 0.25) is 0 Å². The van der Waals surface area contributed by atoms with Crippen LogP contribution in [0.3, 0.4) is 0 Å². The summed E-state index contributed by atoms with van der Waals surface area (Å²) in [4.78, 5) is 0. The maximum atomic E-state index is 9.61. The van der Waals surface area contributed by atoms with Gasteiger partial charge in [-0.15, -0.1) is 0 Å². The predicted molar refractivity (Wildman–Crippen MR) is 63.6 cm³/mol. The van der Waals surface area contributed by atoms with Crippen LogP contribution in [-0.4, -0.2) is 11.7 Å². The Balaban J connectivity index is 3.25. The summed E-state index contributed by atoms with van der Waals surface area (Å²) in [5.41, 5.74) is 6.16. The first-order chi connectivity index (χ1) is 6.07. The van der Waals surface area contributed by atoms with Gasteiger partial charge in [-0.3, -0.25) is 0 Å². The molecule has 1 aromatic rings. The lowest BCUT2D eigenvalue weighted by Crippen LogP contribution is -2.12. The van der Waals surface area contributed by atoms with Gasteiger partial charge >= 0.3 is 0 Å². The fourth-order valence-corrected chi connectivity index (χ4v) is 2.78. The Labute approximate surface area is 102 Å². The van der Waals surface area contributed by atoms with Gasteiger partial charge in [0.1, 0.15) is 0 Å². The highest BCUT2D eigenvalue weighted by Gasteiger charge is 2.15. The summed E-state index contributed by atoms with van der Waals surface area (Å²) >= 11 is 10.1. The molecule has 0 aliphatic carbocycles. The molecule has 72 valence electrons. The van der Waals surface area contributed by atoms with Crippen LogP contribution in [0.4, 0.5) is 0 Å². The number of benzene rings is 1. The molecule has 0 fully saturated rings. The Hall–Kier alpha value is 0.580. The van der Waals surface area contributed by atoms with E-state index in [1.165, 1.54) is 0 Å². The summed E-state index contributed by atoms with van der Waals surface area (Å²) in [6.45, 7) is 0.202. The van der Waals surface area contributed by atoms with Crippen molar-refractivity contribution in [2.45, 2.75) is 6.10 Å². The molecule has 0 aliphatic rings. The van der Waals surface area contributed by atoms with Gasteiger partial charge in [-0.05, 0) is 44.0 Å². The number of hydrogen-bond acceptors (Lipinski definition) is 2. The van der Waals surface area contributed by atoms with Crippen molar-refractivity contribution in [1.29, 1.82) is 0 Å². The smallest absolute Gasteiger partial charge is 0.0934 e. The highest BCUT2D eigenvalue weighted by atomic mass is 79.9. The minimum absolute atomic E-state index is 0.202. The van der Waals surface area contributed by atoms with E-state index in [9.17, 15) is 5.11 Å². The molecule has 0 saturated carbocycles. The summed E-state index contributed by atoms with van der Waals surface area (Å²) in [5.74, 6) is 0. The molecule has 0 aromatic heterocycles. The minimum atomic E-state index is -0.652. The molecule has 3 N–H and O–H groups in total. The largest absolute Gasteiger partial charge is 0.387 e. The Morgan fingerprint density at radius 2 is 1.77 bits per heavy atom. The van der Waals surface area contributed by atoms with Gasteiger partial charge in [0.2, 0.25) is 0 Å². The summed E-state index contributed by atoms with van der Waals surface area (Å²) in [6.07, 6.45) is -0.652. The number of aliphatic hydroxyl groups excluding tert-OH is 1. The van der Waals surface area contributed by atoms with E-state index in [-0.39, 0.29) is 6.54 Å². The average molecular weight is 374 g/mol. The highest BCUT2D eigenvalue weighted by molar-refractivity contribution is 9.13. The molecule has 0 amide bonds. The standard InChI is InChI=1S/C8H8Br3NO/c9-4-1-2-5(10)8(11)7(4)6(13)3-12/h1-2,6,13H,3,12H2. The zero-order valence-electron chi connectivity index (χ0n) is 6.60. The number of nitrogens with two attached hydrogens (primary N) is 1. The second kappa shape index (κ2) is 4.89. The summed E-state index contributed by atoms with van der Waals surface area (Å²) in [6, 6.07) is 3.75. The maximum absolute atomic E-state index is 9.61. The molecule has 1 rings (SSSR count). The second-order valence-electron chi connectivity index (χ2n) is 2.51. The molecule has 1 unspecified atom stereocenters. The summed E-state index contributed by atoms with van der Waals surface area (Å²) in [5, 5.41) is 9.61. The molecule has 0 aliphatic heterocycles. The molecule has 1 atom stereocenters. The van der Waals surface area contributed by atoms with Crippen LogP contribution in [-0.2, 0) is 0 Å². The number of aliphatic hydroxyl groups is 1. The molecule has 0 saturated heterocycles.